The van der Waals surface area contributed by atoms with Gasteiger partial charge in [-0.05, 0) is 37.5 Å². The van der Waals surface area contributed by atoms with Gasteiger partial charge in [-0.2, -0.15) is 4.98 Å². The number of aryl methyl sites for hydroxylation is 1. The van der Waals surface area contributed by atoms with E-state index in [1.54, 1.807) is 12.1 Å². The van der Waals surface area contributed by atoms with E-state index in [-0.39, 0.29) is 5.78 Å². The second kappa shape index (κ2) is 7.83. The summed E-state index contributed by atoms with van der Waals surface area (Å²) in [4.78, 5) is 21.3. The number of nitrogens with zero attached hydrogens (tertiary/aromatic N) is 2. The molecule has 0 radical (unpaired) electrons. The lowest BCUT2D eigenvalue weighted by atomic mass is 9.81. The Balaban J connectivity index is 1.74. The Bertz CT molecular complexity index is 774. The first kappa shape index (κ1) is 17.7. The molecule has 1 saturated carbocycles. The van der Waals surface area contributed by atoms with E-state index in [1.165, 1.54) is 19.3 Å². The van der Waals surface area contributed by atoms with Crippen LogP contribution in [0.3, 0.4) is 0 Å². The quantitative estimate of drug-likeness (QED) is 0.683. The highest BCUT2D eigenvalue weighted by molar-refractivity contribution is 6.34. The van der Waals surface area contributed by atoms with E-state index in [2.05, 4.69) is 20.6 Å². The van der Waals surface area contributed by atoms with Crippen LogP contribution >= 0.6 is 11.6 Å². The van der Waals surface area contributed by atoms with Crippen LogP contribution in [0, 0.1) is 12.8 Å². The molecule has 0 bridgehead atoms. The first-order valence-corrected chi connectivity index (χ1v) is 9.06. The van der Waals surface area contributed by atoms with Gasteiger partial charge >= 0.3 is 0 Å². The van der Waals surface area contributed by atoms with Crippen molar-refractivity contribution in [3.05, 3.63) is 40.5 Å². The van der Waals surface area contributed by atoms with Gasteiger partial charge in [-0.15, -0.1) is 0 Å². The normalized spacial score (nSPS) is 14.0. The van der Waals surface area contributed by atoms with E-state index >= 15 is 0 Å². The highest BCUT2D eigenvalue weighted by Gasteiger charge is 2.20. The van der Waals surface area contributed by atoms with Gasteiger partial charge in [0.15, 0.2) is 5.78 Å². The molecule has 1 aliphatic rings. The average Bonchev–Trinajstić information content (AvgIpc) is 2.54. The van der Waals surface area contributed by atoms with Crippen molar-refractivity contribution in [3.8, 4) is 0 Å². The number of Topliss-reactive ketones (excluding diaryl/α,β-unsaturated/α-hetero) is 1. The van der Waals surface area contributed by atoms with Gasteiger partial charge in [0.05, 0.1) is 5.02 Å². The van der Waals surface area contributed by atoms with Crippen LogP contribution < -0.4 is 10.6 Å². The number of benzene rings is 1. The van der Waals surface area contributed by atoms with Crippen molar-refractivity contribution in [3.63, 3.8) is 0 Å². The molecule has 3 rings (SSSR count). The molecule has 1 aromatic carbocycles. The van der Waals surface area contributed by atoms with Gasteiger partial charge in [-0.3, -0.25) is 4.79 Å². The average molecular weight is 359 g/mol. The van der Waals surface area contributed by atoms with E-state index in [9.17, 15) is 4.79 Å². The number of hydrogen-bond donors (Lipinski definition) is 2. The summed E-state index contributed by atoms with van der Waals surface area (Å²) >= 11 is 6.24. The monoisotopic (exact) mass is 358 g/mol. The van der Waals surface area contributed by atoms with Crippen LogP contribution in [0.25, 0.3) is 0 Å². The summed E-state index contributed by atoms with van der Waals surface area (Å²) in [6.45, 7) is 1.91. The number of anilines is 3. The maximum absolute atomic E-state index is 12.5. The van der Waals surface area contributed by atoms with Crippen molar-refractivity contribution in [2.45, 2.75) is 39.0 Å². The third-order valence-corrected chi connectivity index (χ3v) is 4.97. The second-order valence-corrected chi connectivity index (χ2v) is 6.95. The van der Waals surface area contributed by atoms with E-state index < -0.39 is 0 Å². The molecule has 0 atom stereocenters. The maximum Gasteiger partial charge on any atom is 0.229 e. The molecule has 6 heteroatoms. The summed E-state index contributed by atoms with van der Waals surface area (Å²) in [5, 5.41) is 6.65. The Morgan fingerprint density at radius 1 is 1.28 bits per heavy atom. The highest BCUT2D eigenvalue weighted by atomic mass is 35.5. The molecule has 132 valence electrons. The van der Waals surface area contributed by atoms with Gasteiger partial charge in [0.25, 0.3) is 0 Å². The highest BCUT2D eigenvalue weighted by Crippen LogP contribution is 2.32. The van der Waals surface area contributed by atoms with Crippen molar-refractivity contribution in [1.29, 1.82) is 0 Å². The number of ketones is 1. The van der Waals surface area contributed by atoms with Crippen LogP contribution in [0.1, 0.15) is 48.2 Å². The number of carbonyl (C=O) groups is 1. The molecule has 25 heavy (non-hydrogen) atoms. The largest absolute Gasteiger partial charge is 0.373 e. The zero-order valence-corrected chi connectivity index (χ0v) is 15.4. The summed E-state index contributed by atoms with van der Waals surface area (Å²) in [7, 11) is 1.81. The topological polar surface area (TPSA) is 66.9 Å². The summed E-state index contributed by atoms with van der Waals surface area (Å²) in [6, 6.07) is 7.23. The molecule has 1 heterocycles. The third kappa shape index (κ3) is 4.48. The fraction of sp³-hybridized carbons (Fsp3) is 0.421. The van der Waals surface area contributed by atoms with Gasteiger partial charge in [0.1, 0.15) is 5.82 Å². The predicted molar refractivity (Wildman–Crippen MR) is 102 cm³/mol. The summed E-state index contributed by atoms with van der Waals surface area (Å²) < 4.78 is 0. The lowest BCUT2D eigenvalue weighted by Crippen LogP contribution is -2.13. The van der Waals surface area contributed by atoms with E-state index in [0.29, 0.717) is 28.9 Å². The molecule has 1 aliphatic carbocycles. The van der Waals surface area contributed by atoms with Crippen molar-refractivity contribution < 1.29 is 4.79 Å². The number of carbonyl (C=O) groups excluding carboxylic acids is 1. The summed E-state index contributed by atoms with van der Waals surface area (Å²) in [5.41, 5.74) is 2.17. The molecule has 0 unspecified atom stereocenters. The summed E-state index contributed by atoms with van der Waals surface area (Å²) in [6.07, 6.45) is 5.31. The number of aromatic nitrogens is 2. The maximum atomic E-state index is 12.5. The fourth-order valence-electron chi connectivity index (χ4n) is 2.95. The minimum Gasteiger partial charge on any atom is -0.373 e. The SMILES string of the molecule is CNc1cc(C)nc(Nc2ccc(Cl)c(C(=O)CCC3CCC3)c2)n1. The summed E-state index contributed by atoms with van der Waals surface area (Å²) in [5.74, 6) is 2.03. The molecule has 2 N–H and O–H groups in total. The van der Waals surface area contributed by atoms with Gasteiger partial charge in [-0.1, -0.05) is 30.9 Å². The predicted octanol–water partition coefficient (Wildman–Crippen LogP) is 4.99. The Labute approximate surface area is 153 Å². The Hall–Kier alpha value is -2.14. The smallest absolute Gasteiger partial charge is 0.229 e. The van der Waals surface area contributed by atoms with Crippen molar-refractivity contribution in [1.82, 2.24) is 9.97 Å². The molecule has 0 saturated heterocycles. The van der Waals surface area contributed by atoms with Crippen LogP contribution in [0.5, 0.6) is 0 Å². The van der Waals surface area contributed by atoms with Crippen LogP contribution in [0.4, 0.5) is 17.5 Å². The third-order valence-electron chi connectivity index (χ3n) is 4.64. The van der Waals surface area contributed by atoms with E-state index in [4.69, 9.17) is 11.6 Å². The number of rotatable bonds is 7. The van der Waals surface area contributed by atoms with Crippen LogP contribution in [0.2, 0.25) is 5.02 Å². The standard InChI is InChI=1S/C19H23ClN4O/c1-12-10-18(21-2)24-19(22-12)23-14-7-8-16(20)15(11-14)17(25)9-6-13-4-3-5-13/h7-8,10-11,13H,3-6,9H2,1-2H3,(H2,21,22,23,24). The first-order chi connectivity index (χ1) is 12.0. The number of halogens is 1. The van der Waals surface area contributed by atoms with Crippen LogP contribution in [-0.2, 0) is 0 Å². The minimum absolute atomic E-state index is 0.0987. The Kier molecular flexibility index (Phi) is 5.53. The molecule has 0 aliphatic heterocycles. The van der Waals surface area contributed by atoms with Gasteiger partial charge in [-0.25, -0.2) is 4.98 Å². The minimum atomic E-state index is 0.0987. The van der Waals surface area contributed by atoms with Crippen LogP contribution in [-0.4, -0.2) is 22.8 Å². The van der Waals surface area contributed by atoms with Crippen molar-refractivity contribution >= 4 is 34.8 Å². The zero-order valence-electron chi connectivity index (χ0n) is 14.6. The van der Waals surface area contributed by atoms with E-state index in [0.717, 1.165) is 23.6 Å². The number of nitrogens with one attached hydrogen (secondary N) is 2. The van der Waals surface area contributed by atoms with Gasteiger partial charge in [0.2, 0.25) is 5.95 Å². The molecule has 0 spiro atoms. The fourth-order valence-corrected chi connectivity index (χ4v) is 3.17. The first-order valence-electron chi connectivity index (χ1n) is 8.68. The Morgan fingerprint density at radius 3 is 2.76 bits per heavy atom. The zero-order chi connectivity index (χ0) is 17.8. The molecule has 1 fully saturated rings. The van der Waals surface area contributed by atoms with Crippen molar-refractivity contribution in [2.75, 3.05) is 17.7 Å². The molecular weight excluding hydrogens is 336 g/mol. The lowest BCUT2D eigenvalue weighted by Gasteiger charge is -2.24. The molecular formula is C19H23ClN4O. The Morgan fingerprint density at radius 2 is 2.08 bits per heavy atom. The van der Waals surface area contributed by atoms with Crippen LogP contribution in [0.15, 0.2) is 24.3 Å². The van der Waals surface area contributed by atoms with Gasteiger partial charge < -0.3 is 10.6 Å². The number of hydrogen-bond acceptors (Lipinski definition) is 5. The van der Waals surface area contributed by atoms with E-state index in [1.807, 2.05) is 26.1 Å². The molecule has 5 nitrogen and oxygen atoms in total. The van der Waals surface area contributed by atoms with Crippen molar-refractivity contribution in [2.24, 2.45) is 5.92 Å². The van der Waals surface area contributed by atoms with Gasteiger partial charge in [0, 0.05) is 36.5 Å². The lowest BCUT2D eigenvalue weighted by molar-refractivity contribution is 0.0966. The molecule has 1 aromatic heterocycles. The molecule has 2 aromatic rings. The molecule has 0 amide bonds. The second-order valence-electron chi connectivity index (χ2n) is 6.55.